The van der Waals surface area contributed by atoms with E-state index in [1.807, 2.05) is 36.4 Å². The predicted molar refractivity (Wildman–Crippen MR) is 99.0 cm³/mol. The molecule has 0 amide bonds. The Bertz CT molecular complexity index is 599. The van der Waals surface area contributed by atoms with Gasteiger partial charge in [-0.1, -0.05) is 60.7 Å². The summed E-state index contributed by atoms with van der Waals surface area (Å²) in [5.41, 5.74) is 2.40. The first-order valence-corrected chi connectivity index (χ1v) is 9.21. The molecule has 2 aromatic carbocycles. The first-order valence-electron chi connectivity index (χ1n) is 9.21. The number of benzene rings is 2. The standard InChI is InChI=1S/C22H28O3/c23-13-20-11-12-21(16-24-14-18-7-3-1-4-8-18)22(20)17-25-15-19-9-5-2-6-10-19/h1-10,20-23H,11-17H2/t20-,21-,22+/m1/s1. The van der Waals surface area contributed by atoms with Crippen molar-refractivity contribution in [3.05, 3.63) is 71.8 Å². The monoisotopic (exact) mass is 340 g/mol. The lowest BCUT2D eigenvalue weighted by Crippen LogP contribution is -2.26. The van der Waals surface area contributed by atoms with E-state index in [2.05, 4.69) is 24.3 Å². The molecule has 0 aliphatic heterocycles. The zero-order valence-corrected chi connectivity index (χ0v) is 14.7. The first kappa shape index (κ1) is 18.1. The van der Waals surface area contributed by atoms with Crippen LogP contribution in [0.1, 0.15) is 24.0 Å². The minimum Gasteiger partial charge on any atom is -0.396 e. The molecule has 0 radical (unpaired) electrons. The molecular formula is C22H28O3. The topological polar surface area (TPSA) is 38.7 Å². The molecule has 2 aromatic rings. The van der Waals surface area contributed by atoms with Gasteiger partial charge in [0, 0.05) is 6.61 Å². The lowest BCUT2D eigenvalue weighted by atomic mass is 9.91. The maximum atomic E-state index is 9.68. The van der Waals surface area contributed by atoms with Crippen molar-refractivity contribution < 1.29 is 14.6 Å². The highest BCUT2D eigenvalue weighted by Gasteiger charge is 2.35. The summed E-state index contributed by atoms with van der Waals surface area (Å²) < 4.78 is 11.9. The van der Waals surface area contributed by atoms with Crippen molar-refractivity contribution in [3.63, 3.8) is 0 Å². The summed E-state index contributed by atoms with van der Waals surface area (Å²) in [4.78, 5) is 0. The largest absolute Gasteiger partial charge is 0.396 e. The third kappa shape index (κ3) is 5.40. The van der Waals surface area contributed by atoms with Gasteiger partial charge in [-0.15, -0.1) is 0 Å². The van der Waals surface area contributed by atoms with Gasteiger partial charge in [0.25, 0.3) is 0 Å². The smallest absolute Gasteiger partial charge is 0.0717 e. The van der Waals surface area contributed by atoms with Gasteiger partial charge in [0.2, 0.25) is 0 Å². The summed E-state index contributed by atoms with van der Waals surface area (Å²) >= 11 is 0. The fourth-order valence-electron chi connectivity index (χ4n) is 3.74. The molecule has 0 unspecified atom stereocenters. The van der Waals surface area contributed by atoms with Gasteiger partial charge in [0.1, 0.15) is 0 Å². The van der Waals surface area contributed by atoms with E-state index in [0.29, 0.717) is 37.6 Å². The summed E-state index contributed by atoms with van der Waals surface area (Å²) in [6.07, 6.45) is 2.18. The summed E-state index contributed by atoms with van der Waals surface area (Å²) in [7, 11) is 0. The van der Waals surface area contributed by atoms with Crippen molar-refractivity contribution in [2.75, 3.05) is 19.8 Å². The van der Waals surface area contributed by atoms with E-state index in [1.54, 1.807) is 0 Å². The molecule has 0 heterocycles. The molecule has 3 atom stereocenters. The van der Waals surface area contributed by atoms with Gasteiger partial charge in [-0.2, -0.15) is 0 Å². The van der Waals surface area contributed by atoms with Crippen LogP contribution in [0.5, 0.6) is 0 Å². The van der Waals surface area contributed by atoms with E-state index >= 15 is 0 Å². The van der Waals surface area contributed by atoms with Crippen LogP contribution < -0.4 is 0 Å². The molecule has 3 heteroatoms. The first-order chi connectivity index (χ1) is 12.4. The second kappa shape index (κ2) is 9.71. The van der Waals surface area contributed by atoms with Crippen LogP contribution in [0.2, 0.25) is 0 Å². The van der Waals surface area contributed by atoms with Gasteiger partial charge in [0.15, 0.2) is 0 Å². The van der Waals surface area contributed by atoms with Crippen LogP contribution in [-0.2, 0) is 22.7 Å². The lowest BCUT2D eigenvalue weighted by Gasteiger charge is -2.24. The number of rotatable bonds is 9. The van der Waals surface area contributed by atoms with Gasteiger partial charge in [-0.3, -0.25) is 0 Å². The fourth-order valence-corrected chi connectivity index (χ4v) is 3.74. The Morgan fingerprint density at radius 2 is 1.24 bits per heavy atom. The molecule has 3 nitrogen and oxygen atoms in total. The SMILES string of the molecule is OC[C@H]1CC[C@H](COCc2ccccc2)[C@H]1COCc1ccccc1. The van der Waals surface area contributed by atoms with Crippen molar-refractivity contribution in [2.24, 2.45) is 17.8 Å². The Labute approximate surface area is 150 Å². The predicted octanol–water partition coefficient (Wildman–Crippen LogP) is 4.05. The van der Waals surface area contributed by atoms with Crippen LogP contribution >= 0.6 is 0 Å². The third-order valence-electron chi connectivity index (χ3n) is 5.22. The Hall–Kier alpha value is -1.68. The zero-order valence-electron chi connectivity index (χ0n) is 14.7. The molecule has 25 heavy (non-hydrogen) atoms. The van der Waals surface area contributed by atoms with Crippen LogP contribution in [0.15, 0.2) is 60.7 Å². The van der Waals surface area contributed by atoms with Gasteiger partial charge in [0.05, 0.1) is 26.4 Å². The summed E-state index contributed by atoms with van der Waals surface area (Å²) in [6, 6.07) is 20.5. The average molecular weight is 340 g/mol. The fraction of sp³-hybridized carbons (Fsp3) is 0.455. The minimum atomic E-state index is 0.245. The Morgan fingerprint density at radius 3 is 1.80 bits per heavy atom. The summed E-state index contributed by atoms with van der Waals surface area (Å²) in [6.45, 7) is 2.96. The van der Waals surface area contributed by atoms with Crippen molar-refractivity contribution in [3.8, 4) is 0 Å². The van der Waals surface area contributed by atoms with E-state index in [-0.39, 0.29) is 6.61 Å². The van der Waals surface area contributed by atoms with E-state index < -0.39 is 0 Å². The van der Waals surface area contributed by atoms with Crippen LogP contribution in [-0.4, -0.2) is 24.9 Å². The highest BCUT2D eigenvalue weighted by atomic mass is 16.5. The maximum absolute atomic E-state index is 9.68. The number of hydrogen-bond acceptors (Lipinski definition) is 3. The second-order valence-corrected chi connectivity index (χ2v) is 6.95. The van der Waals surface area contributed by atoms with E-state index in [0.717, 1.165) is 19.4 Å². The normalized spacial score (nSPS) is 23.0. The number of aliphatic hydroxyl groups excluding tert-OH is 1. The van der Waals surface area contributed by atoms with Crippen molar-refractivity contribution in [2.45, 2.75) is 26.1 Å². The molecule has 3 rings (SSSR count). The molecule has 0 saturated heterocycles. The van der Waals surface area contributed by atoms with Crippen LogP contribution in [0.3, 0.4) is 0 Å². The number of aliphatic hydroxyl groups is 1. The Kier molecular flexibility index (Phi) is 7.04. The third-order valence-corrected chi connectivity index (χ3v) is 5.22. The second-order valence-electron chi connectivity index (χ2n) is 6.95. The van der Waals surface area contributed by atoms with Gasteiger partial charge in [-0.25, -0.2) is 0 Å². The van der Waals surface area contributed by atoms with Crippen LogP contribution in [0.4, 0.5) is 0 Å². The highest BCUT2D eigenvalue weighted by Crippen LogP contribution is 2.37. The molecule has 0 bridgehead atoms. The molecular weight excluding hydrogens is 312 g/mol. The minimum absolute atomic E-state index is 0.245. The van der Waals surface area contributed by atoms with Crippen molar-refractivity contribution in [1.82, 2.24) is 0 Å². The van der Waals surface area contributed by atoms with Crippen LogP contribution in [0.25, 0.3) is 0 Å². The summed E-state index contributed by atoms with van der Waals surface area (Å²) in [5, 5.41) is 9.68. The van der Waals surface area contributed by atoms with E-state index in [4.69, 9.17) is 9.47 Å². The molecule has 1 aliphatic rings. The molecule has 1 saturated carbocycles. The number of hydrogen-bond donors (Lipinski definition) is 1. The van der Waals surface area contributed by atoms with Crippen molar-refractivity contribution >= 4 is 0 Å². The lowest BCUT2D eigenvalue weighted by molar-refractivity contribution is 0.0135. The Morgan fingerprint density at radius 1 is 0.720 bits per heavy atom. The summed E-state index contributed by atoms with van der Waals surface area (Å²) in [5.74, 6) is 1.18. The van der Waals surface area contributed by atoms with E-state index in [1.165, 1.54) is 11.1 Å². The Balaban J connectivity index is 1.46. The van der Waals surface area contributed by atoms with Crippen LogP contribution in [0, 0.1) is 17.8 Å². The van der Waals surface area contributed by atoms with Gasteiger partial charge >= 0.3 is 0 Å². The van der Waals surface area contributed by atoms with Crippen molar-refractivity contribution in [1.29, 1.82) is 0 Å². The molecule has 1 aliphatic carbocycles. The average Bonchev–Trinajstić information content (AvgIpc) is 3.05. The molecule has 0 spiro atoms. The highest BCUT2D eigenvalue weighted by molar-refractivity contribution is 5.14. The van der Waals surface area contributed by atoms with Gasteiger partial charge in [-0.05, 0) is 41.7 Å². The number of ether oxygens (including phenoxy) is 2. The van der Waals surface area contributed by atoms with Gasteiger partial charge < -0.3 is 14.6 Å². The zero-order chi connectivity index (χ0) is 17.3. The molecule has 134 valence electrons. The molecule has 1 fully saturated rings. The maximum Gasteiger partial charge on any atom is 0.0717 e. The molecule has 1 N–H and O–H groups in total. The molecule has 0 aromatic heterocycles. The quantitative estimate of drug-likeness (QED) is 0.748. The van der Waals surface area contributed by atoms with E-state index in [9.17, 15) is 5.11 Å².